The van der Waals surface area contributed by atoms with Crippen molar-refractivity contribution >= 4 is 27.3 Å². The lowest BCUT2D eigenvalue weighted by atomic mass is 10.1. The molecule has 1 nitrogen and oxygen atoms in total. The van der Waals surface area contributed by atoms with Crippen molar-refractivity contribution in [3.05, 3.63) is 20.8 Å². The van der Waals surface area contributed by atoms with Gasteiger partial charge in [-0.1, -0.05) is 13.3 Å². The van der Waals surface area contributed by atoms with Crippen LogP contribution in [-0.2, 0) is 6.54 Å². The van der Waals surface area contributed by atoms with Gasteiger partial charge >= 0.3 is 0 Å². The second kappa shape index (κ2) is 4.77. The van der Waals surface area contributed by atoms with Gasteiger partial charge in [-0.2, -0.15) is 0 Å². The summed E-state index contributed by atoms with van der Waals surface area (Å²) >= 11 is 5.39. The molecule has 0 amide bonds. The van der Waals surface area contributed by atoms with Gasteiger partial charge in [-0.05, 0) is 46.1 Å². The first-order valence-corrected chi connectivity index (χ1v) is 6.90. The first kappa shape index (κ1) is 10.7. The van der Waals surface area contributed by atoms with Crippen molar-refractivity contribution in [2.75, 3.05) is 0 Å². The predicted octanol–water partition coefficient (Wildman–Crippen LogP) is 3.79. The zero-order valence-corrected chi connectivity index (χ0v) is 10.8. The van der Waals surface area contributed by atoms with Crippen LogP contribution >= 0.6 is 27.3 Å². The van der Waals surface area contributed by atoms with E-state index in [1.165, 1.54) is 28.6 Å². The van der Waals surface area contributed by atoms with Gasteiger partial charge in [0.05, 0.1) is 0 Å². The van der Waals surface area contributed by atoms with Crippen LogP contribution < -0.4 is 5.32 Å². The Bertz CT molecular complexity index is 297. The molecule has 0 aromatic carbocycles. The molecular weight excluding hydrogens is 258 g/mol. The lowest BCUT2D eigenvalue weighted by Gasteiger charge is -2.16. The van der Waals surface area contributed by atoms with Crippen molar-refractivity contribution < 1.29 is 0 Å². The van der Waals surface area contributed by atoms with E-state index in [1.807, 2.05) is 11.3 Å². The molecule has 1 aliphatic carbocycles. The molecule has 3 heteroatoms. The Kier molecular flexibility index (Phi) is 3.63. The summed E-state index contributed by atoms with van der Waals surface area (Å²) in [6, 6.07) is 2.86. The standard InChI is InChI=1S/C11H16BrNS/c1-8-3-2-4-10(8)13-7-11-9(12)5-6-14-11/h5-6,8,10,13H,2-4,7H2,1H3. The van der Waals surface area contributed by atoms with Gasteiger partial charge in [0.1, 0.15) is 0 Å². The molecule has 0 saturated heterocycles. The van der Waals surface area contributed by atoms with Gasteiger partial charge in [-0.15, -0.1) is 11.3 Å². The van der Waals surface area contributed by atoms with Crippen molar-refractivity contribution in [3.63, 3.8) is 0 Å². The summed E-state index contributed by atoms with van der Waals surface area (Å²) in [4.78, 5) is 1.42. The average molecular weight is 274 g/mol. The van der Waals surface area contributed by atoms with E-state index in [9.17, 15) is 0 Å². The van der Waals surface area contributed by atoms with Crippen molar-refractivity contribution in [2.45, 2.75) is 38.8 Å². The number of halogens is 1. The van der Waals surface area contributed by atoms with Gasteiger partial charge in [0.25, 0.3) is 0 Å². The van der Waals surface area contributed by atoms with Crippen LogP contribution in [0.1, 0.15) is 31.1 Å². The lowest BCUT2D eigenvalue weighted by Crippen LogP contribution is -2.30. The van der Waals surface area contributed by atoms with Crippen LogP contribution in [0.15, 0.2) is 15.9 Å². The Labute approximate surface area is 98.0 Å². The summed E-state index contributed by atoms with van der Waals surface area (Å²) in [5.74, 6) is 0.855. The van der Waals surface area contributed by atoms with E-state index in [0.29, 0.717) is 0 Å². The molecule has 2 atom stereocenters. The maximum atomic E-state index is 3.66. The van der Waals surface area contributed by atoms with Gasteiger partial charge in [0.2, 0.25) is 0 Å². The number of thiophene rings is 1. The molecule has 0 aliphatic heterocycles. The summed E-state index contributed by atoms with van der Waals surface area (Å²) in [6.45, 7) is 3.38. The molecule has 0 spiro atoms. The quantitative estimate of drug-likeness (QED) is 0.884. The van der Waals surface area contributed by atoms with Gasteiger partial charge in [0.15, 0.2) is 0 Å². The topological polar surface area (TPSA) is 12.0 Å². The van der Waals surface area contributed by atoms with Gasteiger partial charge < -0.3 is 5.32 Å². The van der Waals surface area contributed by atoms with E-state index in [4.69, 9.17) is 0 Å². The first-order chi connectivity index (χ1) is 6.77. The molecule has 1 N–H and O–H groups in total. The Morgan fingerprint density at radius 2 is 2.43 bits per heavy atom. The second-order valence-electron chi connectivity index (χ2n) is 4.09. The number of nitrogens with one attached hydrogen (secondary N) is 1. The van der Waals surface area contributed by atoms with Crippen LogP contribution in [0.25, 0.3) is 0 Å². The second-order valence-corrected chi connectivity index (χ2v) is 5.94. The van der Waals surface area contributed by atoms with Crippen molar-refractivity contribution in [2.24, 2.45) is 5.92 Å². The monoisotopic (exact) mass is 273 g/mol. The third-order valence-electron chi connectivity index (χ3n) is 3.08. The highest BCUT2D eigenvalue weighted by Crippen LogP contribution is 2.27. The lowest BCUT2D eigenvalue weighted by molar-refractivity contribution is 0.427. The van der Waals surface area contributed by atoms with E-state index in [2.05, 4.69) is 39.6 Å². The Hall–Kier alpha value is 0.140. The van der Waals surface area contributed by atoms with Gasteiger partial charge in [0, 0.05) is 21.9 Å². The minimum Gasteiger partial charge on any atom is -0.309 e. The van der Waals surface area contributed by atoms with Crippen LogP contribution in [0.4, 0.5) is 0 Å². The zero-order valence-electron chi connectivity index (χ0n) is 8.42. The number of hydrogen-bond acceptors (Lipinski definition) is 2. The smallest absolute Gasteiger partial charge is 0.0327 e. The Balaban J connectivity index is 1.85. The predicted molar refractivity (Wildman–Crippen MR) is 65.7 cm³/mol. The summed E-state index contributed by atoms with van der Waals surface area (Å²) < 4.78 is 1.25. The highest BCUT2D eigenvalue weighted by molar-refractivity contribution is 9.10. The van der Waals surface area contributed by atoms with Crippen molar-refractivity contribution in [3.8, 4) is 0 Å². The first-order valence-electron chi connectivity index (χ1n) is 5.22. The SMILES string of the molecule is CC1CCCC1NCc1sccc1Br. The van der Waals surface area contributed by atoms with E-state index in [0.717, 1.165) is 18.5 Å². The number of rotatable bonds is 3. The van der Waals surface area contributed by atoms with E-state index >= 15 is 0 Å². The fourth-order valence-electron chi connectivity index (χ4n) is 2.12. The summed E-state index contributed by atoms with van der Waals surface area (Å²) in [7, 11) is 0. The zero-order chi connectivity index (χ0) is 9.97. The molecule has 0 radical (unpaired) electrons. The highest BCUT2D eigenvalue weighted by atomic mass is 79.9. The molecule has 0 bridgehead atoms. The average Bonchev–Trinajstić information content (AvgIpc) is 2.72. The molecule has 1 aliphatic rings. The summed E-state index contributed by atoms with van der Waals surface area (Å²) in [5.41, 5.74) is 0. The fraction of sp³-hybridized carbons (Fsp3) is 0.636. The van der Waals surface area contributed by atoms with Crippen LogP contribution in [-0.4, -0.2) is 6.04 Å². The van der Waals surface area contributed by atoms with E-state index in [-0.39, 0.29) is 0 Å². The molecule has 1 aromatic rings. The molecule has 1 fully saturated rings. The molecule has 2 rings (SSSR count). The van der Waals surface area contributed by atoms with Crippen LogP contribution in [0.2, 0.25) is 0 Å². The maximum Gasteiger partial charge on any atom is 0.0327 e. The third-order valence-corrected chi connectivity index (χ3v) is 5.00. The van der Waals surface area contributed by atoms with Crippen LogP contribution in [0, 0.1) is 5.92 Å². The summed E-state index contributed by atoms with van der Waals surface area (Å²) in [5, 5.41) is 5.79. The van der Waals surface area contributed by atoms with Crippen LogP contribution in [0.3, 0.4) is 0 Å². The molecule has 1 aromatic heterocycles. The molecule has 1 heterocycles. The highest BCUT2D eigenvalue weighted by Gasteiger charge is 2.22. The molecule has 14 heavy (non-hydrogen) atoms. The Morgan fingerprint density at radius 3 is 3.00 bits per heavy atom. The van der Waals surface area contributed by atoms with Gasteiger partial charge in [-0.25, -0.2) is 0 Å². The largest absolute Gasteiger partial charge is 0.309 e. The van der Waals surface area contributed by atoms with Gasteiger partial charge in [-0.3, -0.25) is 0 Å². The van der Waals surface area contributed by atoms with Crippen molar-refractivity contribution in [1.29, 1.82) is 0 Å². The minimum atomic E-state index is 0.740. The minimum absolute atomic E-state index is 0.740. The maximum absolute atomic E-state index is 3.66. The summed E-state index contributed by atoms with van der Waals surface area (Å²) in [6.07, 6.45) is 4.14. The molecule has 78 valence electrons. The number of hydrogen-bond donors (Lipinski definition) is 1. The van der Waals surface area contributed by atoms with Crippen LogP contribution in [0.5, 0.6) is 0 Å². The Morgan fingerprint density at radius 1 is 1.57 bits per heavy atom. The normalized spacial score (nSPS) is 27.0. The molecule has 2 unspecified atom stereocenters. The fourth-order valence-corrected chi connectivity index (χ4v) is 3.57. The molecule has 1 saturated carbocycles. The van der Waals surface area contributed by atoms with E-state index < -0.39 is 0 Å². The molecular formula is C11H16BrNS. The van der Waals surface area contributed by atoms with E-state index in [1.54, 1.807) is 0 Å². The third kappa shape index (κ3) is 2.38. The van der Waals surface area contributed by atoms with Crippen molar-refractivity contribution in [1.82, 2.24) is 5.32 Å².